The Balaban J connectivity index is 1.68. The summed E-state index contributed by atoms with van der Waals surface area (Å²) in [6.45, 7) is 8.03. The molecule has 1 atom stereocenters. The van der Waals surface area contributed by atoms with Crippen molar-refractivity contribution in [3.05, 3.63) is 53.7 Å². The molecule has 2 heterocycles. The summed E-state index contributed by atoms with van der Waals surface area (Å²) in [6.07, 6.45) is 2.14. The number of rotatable bonds is 6. The van der Waals surface area contributed by atoms with Gasteiger partial charge in [0.1, 0.15) is 11.6 Å². The van der Waals surface area contributed by atoms with Crippen LogP contribution < -0.4 is 15.4 Å². The normalized spacial score (nSPS) is 18.3. The summed E-state index contributed by atoms with van der Waals surface area (Å²) in [5.74, 6) is 1.89. The third-order valence-corrected chi connectivity index (χ3v) is 4.40. The van der Waals surface area contributed by atoms with E-state index in [-0.39, 0.29) is 12.1 Å². The topological polar surface area (TPSA) is 49.4 Å². The van der Waals surface area contributed by atoms with Crippen molar-refractivity contribution in [3.8, 4) is 5.75 Å². The van der Waals surface area contributed by atoms with E-state index in [2.05, 4.69) is 58.6 Å². The smallest absolute Gasteiger partial charge is 0.125 e. The van der Waals surface area contributed by atoms with Crippen LogP contribution in [0.4, 0.5) is 5.82 Å². The van der Waals surface area contributed by atoms with E-state index >= 15 is 0 Å². The molecule has 1 aromatic heterocycles. The number of anilines is 1. The molecule has 1 aliphatic rings. The van der Waals surface area contributed by atoms with Gasteiger partial charge in [-0.3, -0.25) is 4.90 Å². The van der Waals surface area contributed by atoms with Crippen LogP contribution in [0.1, 0.15) is 31.0 Å². The van der Waals surface area contributed by atoms with Crippen LogP contribution in [0.2, 0.25) is 0 Å². The molecule has 0 aliphatic carbocycles. The number of ether oxygens (including phenoxy) is 1. The highest BCUT2D eigenvalue weighted by molar-refractivity contribution is 5.37. The van der Waals surface area contributed by atoms with Gasteiger partial charge >= 0.3 is 0 Å². The minimum Gasteiger partial charge on any atom is -0.491 e. The van der Waals surface area contributed by atoms with Gasteiger partial charge in [-0.05, 0) is 31.5 Å². The van der Waals surface area contributed by atoms with Crippen LogP contribution in [0.15, 0.2) is 42.6 Å². The van der Waals surface area contributed by atoms with Gasteiger partial charge in [0.2, 0.25) is 0 Å². The number of piperazine rings is 1. The molecule has 134 valence electrons. The first kappa shape index (κ1) is 17.7. The summed E-state index contributed by atoms with van der Waals surface area (Å²) in [5, 5.41) is 6.70. The zero-order valence-electron chi connectivity index (χ0n) is 15.3. The van der Waals surface area contributed by atoms with Crippen LogP contribution in [0.3, 0.4) is 0 Å². The molecule has 1 saturated heterocycles. The molecule has 1 aromatic carbocycles. The number of nitrogens with one attached hydrogen (secondary N) is 2. The SMILES string of the molecule is CNc1ccc(CN2CCN[C@H](c3ccccc3OC(C)C)C2)cn1. The highest BCUT2D eigenvalue weighted by atomic mass is 16.5. The zero-order chi connectivity index (χ0) is 17.6. The molecule has 1 fully saturated rings. The Bertz CT molecular complexity index is 672. The third kappa shape index (κ3) is 4.71. The summed E-state index contributed by atoms with van der Waals surface area (Å²) >= 11 is 0. The van der Waals surface area contributed by atoms with Gasteiger partial charge < -0.3 is 15.4 Å². The predicted octanol–water partition coefficient (Wildman–Crippen LogP) is 3.06. The van der Waals surface area contributed by atoms with Crippen molar-refractivity contribution in [1.29, 1.82) is 0 Å². The second kappa shape index (κ2) is 8.32. The largest absolute Gasteiger partial charge is 0.491 e. The molecule has 2 N–H and O–H groups in total. The third-order valence-electron chi connectivity index (χ3n) is 4.40. The van der Waals surface area contributed by atoms with Gasteiger partial charge in [0, 0.05) is 51.0 Å². The Labute approximate surface area is 150 Å². The van der Waals surface area contributed by atoms with E-state index in [1.54, 1.807) is 0 Å². The first-order chi connectivity index (χ1) is 12.2. The summed E-state index contributed by atoms with van der Waals surface area (Å²) in [6, 6.07) is 12.8. The van der Waals surface area contributed by atoms with Gasteiger partial charge in [-0.15, -0.1) is 0 Å². The lowest BCUT2D eigenvalue weighted by atomic mass is 10.0. The van der Waals surface area contributed by atoms with Crippen LogP contribution in [-0.4, -0.2) is 42.7 Å². The first-order valence-corrected chi connectivity index (χ1v) is 8.99. The minimum atomic E-state index is 0.178. The Morgan fingerprint density at radius 1 is 1.28 bits per heavy atom. The Morgan fingerprint density at radius 2 is 2.12 bits per heavy atom. The summed E-state index contributed by atoms with van der Waals surface area (Å²) in [4.78, 5) is 6.89. The van der Waals surface area contributed by atoms with Crippen molar-refractivity contribution in [2.24, 2.45) is 0 Å². The van der Waals surface area contributed by atoms with Crippen molar-refractivity contribution in [3.63, 3.8) is 0 Å². The molecule has 5 nitrogen and oxygen atoms in total. The van der Waals surface area contributed by atoms with Gasteiger partial charge in [-0.25, -0.2) is 4.98 Å². The van der Waals surface area contributed by atoms with E-state index in [0.29, 0.717) is 0 Å². The number of nitrogens with zero attached hydrogens (tertiary/aromatic N) is 2. The van der Waals surface area contributed by atoms with Crippen molar-refractivity contribution < 1.29 is 4.74 Å². The number of para-hydroxylation sites is 1. The molecule has 5 heteroatoms. The molecule has 25 heavy (non-hydrogen) atoms. The van der Waals surface area contributed by atoms with Gasteiger partial charge in [0.15, 0.2) is 0 Å². The number of hydrogen-bond donors (Lipinski definition) is 2. The molecule has 0 saturated carbocycles. The average Bonchev–Trinajstić information content (AvgIpc) is 2.62. The monoisotopic (exact) mass is 340 g/mol. The van der Waals surface area contributed by atoms with Crippen molar-refractivity contribution >= 4 is 5.82 Å². The minimum absolute atomic E-state index is 0.178. The predicted molar refractivity (Wildman–Crippen MR) is 102 cm³/mol. The maximum atomic E-state index is 6.00. The number of aromatic nitrogens is 1. The fourth-order valence-electron chi connectivity index (χ4n) is 3.22. The second-order valence-electron chi connectivity index (χ2n) is 6.75. The standard InChI is InChI=1S/C20H28N4O/c1-15(2)25-19-7-5-4-6-17(19)18-14-24(11-10-22-18)13-16-8-9-20(21-3)23-12-16/h4-9,12,15,18,22H,10-11,13-14H2,1-3H3,(H,21,23)/t18-/m0/s1. The van der Waals surface area contributed by atoms with Crippen LogP contribution in [0, 0.1) is 0 Å². The highest BCUT2D eigenvalue weighted by Gasteiger charge is 2.23. The molecule has 0 bridgehead atoms. The number of hydrogen-bond acceptors (Lipinski definition) is 5. The Hall–Kier alpha value is -2.11. The van der Waals surface area contributed by atoms with Crippen LogP contribution in [0.25, 0.3) is 0 Å². The average molecular weight is 340 g/mol. The summed E-state index contributed by atoms with van der Waals surface area (Å²) in [5.41, 5.74) is 2.48. The van der Waals surface area contributed by atoms with Gasteiger partial charge in [-0.2, -0.15) is 0 Å². The fourth-order valence-corrected chi connectivity index (χ4v) is 3.22. The highest BCUT2D eigenvalue weighted by Crippen LogP contribution is 2.28. The van der Waals surface area contributed by atoms with E-state index in [9.17, 15) is 0 Å². The van der Waals surface area contributed by atoms with Crippen molar-refractivity contribution in [2.75, 3.05) is 32.0 Å². The van der Waals surface area contributed by atoms with Gasteiger partial charge in [0.05, 0.1) is 6.10 Å². The van der Waals surface area contributed by atoms with E-state index in [0.717, 1.165) is 37.7 Å². The van der Waals surface area contributed by atoms with Gasteiger partial charge in [0.25, 0.3) is 0 Å². The lowest BCUT2D eigenvalue weighted by Crippen LogP contribution is -2.45. The number of benzene rings is 1. The van der Waals surface area contributed by atoms with Crippen LogP contribution in [0.5, 0.6) is 5.75 Å². The molecule has 0 spiro atoms. The second-order valence-corrected chi connectivity index (χ2v) is 6.75. The zero-order valence-corrected chi connectivity index (χ0v) is 15.3. The number of pyridine rings is 1. The Kier molecular flexibility index (Phi) is 5.89. The quantitative estimate of drug-likeness (QED) is 0.846. The van der Waals surface area contributed by atoms with E-state index in [1.807, 2.05) is 25.4 Å². The molecular formula is C20H28N4O. The maximum Gasteiger partial charge on any atom is 0.125 e. The molecular weight excluding hydrogens is 312 g/mol. The summed E-state index contributed by atoms with van der Waals surface area (Å²) in [7, 11) is 1.89. The first-order valence-electron chi connectivity index (χ1n) is 8.99. The van der Waals surface area contributed by atoms with Crippen LogP contribution >= 0.6 is 0 Å². The molecule has 0 radical (unpaired) electrons. The van der Waals surface area contributed by atoms with Crippen LogP contribution in [-0.2, 0) is 6.54 Å². The molecule has 0 unspecified atom stereocenters. The Morgan fingerprint density at radius 3 is 2.84 bits per heavy atom. The van der Waals surface area contributed by atoms with E-state index in [4.69, 9.17) is 4.74 Å². The molecule has 0 amide bonds. The van der Waals surface area contributed by atoms with E-state index < -0.39 is 0 Å². The molecule has 1 aliphatic heterocycles. The van der Waals surface area contributed by atoms with E-state index in [1.165, 1.54) is 11.1 Å². The molecule has 3 rings (SSSR count). The van der Waals surface area contributed by atoms with Crippen molar-refractivity contribution in [1.82, 2.24) is 15.2 Å². The maximum absolute atomic E-state index is 6.00. The lowest BCUT2D eigenvalue weighted by molar-refractivity contribution is 0.186. The molecule has 2 aromatic rings. The van der Waals surface area contributed by atoms with Gasteiger partial charge in [-0.1, -0.05) is 24.3 Å². The lowest BCUT2D eigenvalue weighted by Gasteiger charge is -2.34. The fraction of sp³-hybridized carbons (Fsp3) is 0.450. The summed E-state index contributed by atoms with van der Waals surface area (Å²) < 4.78 is 6.00. The van der Waals surface area contributed by atoms with Crippen molar-refractivity contribution in [2.45, 2.75) is 32.5 Å².